The van der Waals surface area contributed by atoms with Crippen molar-refractivity contribution >= 4 is 23.6 Å². The molecule has 1 aromatic carbocycles. The maximum absolute atomic E-state index is 11.6. The molecule has 1 amide bonds. The van der Waals surface area contributed by atoms with Crippen LogP contribution in [0.1, 0.15) is 13.8 Å². The van der Waals surface area contributed by atoms with Crippen LogP contribution in [0.4, 0.5) is 0 Å². The molecule has 0 unspecified atom stereocenters. The number of rotatable bonds is 6. The third-order valence-electron chi connectivity index (χ3n) is 2.36. The summed E-state index contributed by atoms with van der Waals surface area (Å²) in [6, 6.07) is 8.70. The monoisotopic (exact) mass is 267 g/mol. The molecule has 1 atom stereocenters. The van der Waals surface area contributed by atoms with Crippen LogP contribution >= 0.6 is 11.8 Å². The average Bonchev–Trinajstić information content (AvgIpc) is 2.34. The Morgan fingerprint density at radius 3 is 2.39 bits per heavy atom. The number of nitrogens with one attached hydrogen (secondary N) is 1. The van der Waals surface area contributed by atoms with Gasteiger partial charge in [0.05, 0.1) is 5.75 Å². The SMILES string of the molecule is CC(C)[C@@H](NC(=O)CSc1ccccc1)C(=O)O. The first-order valence-corrected chi connectivity index (χ1v) is 6.69. The van der Waals surface area contributed by atoms with E-state index in [2.05, 4.69) is 5.32 Å². The average molecular weight is 267 g/mol. The van der Waals surface area contributed by atoms with E-state index in [0.29, 0.717) is 0 Å². The van der Waals surface area contributed by atoms with Gasteiger partial charge in [-0.15, -0.1) is 11.8 Å². The summed E-state index contributed by atoms with van der Waals surface area (Å²) in [6.45, 7) is 3.53. The normalized spacial score (nSPS) is 12.2. The number of aliphatic carboxylic acids is 1. The van der Waals surface area contributed by atoms with Gasteiger partial charge in [-0.25, -0.2) is 4.79 Å². The second-order valence-corrected chi connectivity index (χ2v) is 5.28. The van der Waals surface area contributed by atoms with Crippen molar-refractivity contribution in [3.05, 3.63) is 30.3 Å². The van der Waals surface area contributed by atoms with Crippen LogP contribution in [0.25, 0.3) is 0 Å². The zero-order chi connectivity index (χ0) is 13.5. The Balaban J connectivity index is 2.44. The molecule has 98 valence electrons. The van der Waals surface area contributed by atoms with Crippen LogP contribution < -0.4 is 5.32 Å². The third kappa shape index (κ3) is 4.79. The highest BCUT2D eigenvalue weighted by atomic mass is 32.2. The predicted octanol–water partition coefficient (Wildman–Crippen LogP) is 2.00. The van der Waals surface area contributed by atoms with E-state index in [1.807, 2.05) is 30.3 Å². The quantitative estimate of drug-likeness (QED) is 0.774. The fourth-order valence-electron chi connectivity index (χ4n) is 1.39. The van der Waals surface area contributed by atoms with Gasteiger partial charge in [-0.3, -0.25) is 4.79 Å². The third-order valence-corrected chi connectivity index (χ3v) is 3.37. The Morgan fingerprint density at radius 2 is 1.89 bits per heavy atom. The number of thioether (sulfide) groups is 1. The zero-order valence-electron chi connectivity index (χ0n) is 10.4. The van der Waals surface area contributed by atoms with Crippen molar-refractivity contribution in [3.63, 3.8) is 0 Å². The Morgan fingerprint density at radius 1 is 1.28 bits per heavy atom. The highest BCUT2D eigenvalue weighted by Gasteiger charge is 2.23. The molecule has 0 radical (unpaired) electrons. The van der Waals surface area contributed by atoms with Gasteiger partial charge in [0.15, 0.2) is 0 Å². The Hall–Kier alpha value is -1.49. The van der Waals surface area contributed by atoms with E-state index in [9.17, 15) is 9.59 Å². The van der Waals surface area contributed by atoms with Gasteiger partial charge in [-0.1, -0.05) is 32.0 Å². The highest BCUT2D eigenvalue weighted by Crippen LogP contribution is 2.16. The van der Waals surface area contributed by atoms with Gasteiger partial charge < -0.3 is 10.4 Å². The molecular formula is C13H17NO3S. The van der Waals surface area contributed by atoms with Crippen molar-refractivity contribution in [2.24, 2.45) is 5.92 Å². The molecule has 0 bridgehead atoms. The van der Waals surface area contributed by atoms with Crippen molar-refractivity contribution in [3.8, 4) is 0 Å². The molecule has 0 saturated heterocycles. The molecule has 5 heteroatoms. The van der Waals surface area contributed by atoms with Crippen LogP contribution in [-0.4, -0.2) is 28.8 Å². The van der Waals surface area contributed by atoms with E-state index in [0.717, 1.165) is 4.90 Å². The van der Waals surface area contributed by atoms with Gasteiger partial charge in [-0.2, -0.15) is 0 Å². The number of hydrogen-bond acceptors (Lipinski definition) is 3. The second-order valence-electron chi connectivity index (χ2n) is 4.23. The number of benzene rings is 1. The maximum Gasteiger partial charge on any atom is 0.326 e. The lowest BCUT2D eigenvalue weighted by Gasteiger charge is -2.17. The molecule has 1 rings (SSSR count). The topological polar surface area (TPSA) is 66.4 Å². The van der Waals surface area contributed by atoms with Gasteiger partial charge in [0, 0.05) is 4.90 Å². The van der Waals surface area contributed by atoms with Gasteiger partial charge in [0.2, 0.25) is 5.91 Å². The van der Waals surface area contributed by atoms with Crippen LogP contribution in [0.5, 0.6) is 0 Å². The summed E-state index contributed by atoms with van der Waals surface area (Å²) in [5, 5.41) is 11.5. The molecule has 1 aromatic rings. The summed E-state index contributed by atoms with van der Waals surface area (Å²) in [5.41, 5.74) is 0. The molecule has 0 aliphatic carbocycles. The maximum atomic E-state index is 11.6. The summed E-state index contributed by atoms with van der Waals surface area (Å²) < 4.78 is 0. The largest absolute Gasteiger partial charge is 0.480 e. The first kappa shape index (κ1) is 14.6. The number of carboxylic acids is 1. The Kier molecular flexibility index (Phi) is 5.71. The van der Waals surface area contributed by atoms with Gasteiger partial charge in [-0.05, 0) is 18.1 Å². The van der Waals surface area contributed by atoms with Crippen molar-refractivity contribution in [2.75, 3.05) is 5.75 Å². The Bertz CT molecular complexity index is 406. The van der Waals surface area contributed by atoms with Crippen molar-refractivity contribution in [1.82, 2.24) is 5.32 Å². The van der Waals surface area contributed by atoms with Crippen LogP contribution in [0.2, 0.25) is 0 Å². The smallest absolute Gasteiger partial charge is 0.326 e. The minimum atomic E-state index is -0.997. The van der Waals surface area contributed by atoms with Crippen LogP contribution in [-0.2, 0) is 9.59 Å². The van der Waals surface area contributed by atoms with E-state index in [1.54, 1.807) is 13.8 Å². The summed E-state index contributed by atoms with van der Waals surface area (Å²) in [5.74, 6) is -1.17. The van der Waals surface area contributed by atoms with Crippen LogP contribution in [0.3, 0.4) is 0 Å². The van der Waals surface area contributed by atoms with E-state index in [4.69, 9.17) is 5.11 Å². The molecule has 4 nitrogen and oxygen atoms in total. The lowest BCUT2D eigenvalue weighted by Crippen LogP contribution is -2.45. The molecule has 0 heterocycles. The van der Waals surface area contributed by atoms with E-state index < -0.39 is 12.0 Å². The molecule has 2 N–H and O–H groups in total. The van der Waals surface area contributed by atoms with Crippen LogP contribution in [0.15, 0.2) is 35.2 Å². The molecule has 0 aromatic heterocycles. The highest BCUT2D eigenvalue weighted by molar-refractivity contribution is 8.00. The fraction of sp³-hybridized carbons (Fsp3) is 0.385. The summed E-state index contributed by atoms with van der Waals surface area (Å²) in [6.07, 6.45) is 0. The van der Waals surface area contributed by atoms with E-state index in [-0.39, 0.29) is 17.6 Å². The number of amides is 1. The molecule has 0 aliphatic rings. The first-order chi connectivity index (χ1) is 8.50. The molecule has 0 saturated carbocycles. The van der Waals surface area contributed by atoms with Crippen molar-refractivity contribution < 1.29 is 14.7 Å². The molecule has 0 spiro atoms. The summed E-state index contributed by atoms with van der Waals surface area (Å²) in [4.78, 5) is 23.6. The van der Waals surface area contributed by atoms with Crippen molar-refractivity contribution in [1.29, 1.82) is 0 Å². The summed E-state index contributed by atoms with van der Waals surface area (Å²) in [7, 11) is 0. The number of carboxylic acid groups (broad SMARTS) is 1. The van der Waals surface area contributed by atoms with Crippen LogP contribution in [0, 0.1) is 5.92 Å². The standard InChI is InChI=1S/C13H17NO3S/c1-9(2)12(13(16)17)14-11(15)8-18-10-6-4-3-5-7-10/h3-7,9,12H,8H2,1-2H3,(H,14,15)(H,16,17)/t12-/m1/s1. The lowest BCUT2D eigenvalue weighted by molar-refractivity contribution is -0.142. The lowest BCUT2D eigenvalue weighted by atomic mass is 10.1. The second kappa shape index (κ2) is 7.06. The minimum Gasteiger partial charge on any atom is -0.480 e. The summed E-state index contributed by atoms with van der Waals surface area (Å²) >= 11 is 1.39. The van der Waals surface area contributed by atoms with E-state index >= 15 is 0 Å². The van der Waals surface area contributed by atoms with Crippen molar-refractivity contribution in [2.45, 2.75) is 24.8 Å². The minimum absolute atomic E-state index is 0.131. The zero-order valence-corrected chi connectivity index (χ0v) is 11.2. The first-order valence-electron chi connectivity index (χ1n) is 5.70. The number of carbonyl (C=O) groups is 2. The molecular weight excluding hydrogens is 250 g/mol. The van der Waals surface area contributed by atoms with Gasteiger partial charge in [0.25, 0.3) is 0 Å². The number of hydrogen-bond donors (Lipinski definition) is 2. The molecule has 0 fully saturated rings. The number of carbonyl (C=O) groups excluding carboxylic acids is 1. The molecule has 0 aliphatic heterocycles. The van der Waals surface area contributed by atoms with Gasteiger partial charge in [0.1, 0.15) is 6.04 Å². The van der Waals surface area contributed by atoms with Gasteiger partial charge >= 0.3 is 5.97 Å². The van der Waals surface area contributed by atoms with E-state index in [1.165, 1.54) is 11.8 Å². The fourth-order valence-corrected chi connectivity index (χ4v) is 2.12. The Labute approximate surface area is 111 Å². The molecule has 18 heavy (non-hydrogen) atoms. The predicted molar refractivity (Wildman–Crippen MR) is 71.6 cm³/mol.